The summed E-state index contributed by atoms with van der Waals surface area (Å²) in [5.74, 6) is -0.104. The topological polar surface area (TPSA) is 59.8 Å². The fourth-order valence-electron chi connectivity index (χ4n) is 2.13. The van der Waals surface area contributed by atoms with Gasteiger partial charge in [-0.25, -0.2) is 9.67 Å². The molecule has 0 unspecified atom stereocenters. The van der Waals surface area contributed by atoms with Crippen molar-refractivity contribution in [3.63, 3.8) is 0 Å². The Morgan fingerprint density at radius 1 is 1.25 bits per heavy atom. The molecule has 7 heteroatoms. The Morgan fingerprint density at radius 2 is 2.04 bits per heavy atom. The fraction of sp³-hybridized carbons (Fsp3) is 0.118. The quantitative estimate of drug-likeness (QED) is 0.699. The van der Waals surface area contributed by atoms with Crippen molar-refractivity contribution in [2.75, 3.05) is 5.32 Å². The molecule has 0 saturated carbocycles. The smallest absolute Gasteiger partial charge is 0.237 e. The van der Waals surface area contributed by atoms with Crippen LogP contribution in [-0.2, 0) is 4.79 Å². The van der Waals surface area contributed by atoms with E-state index in [-0.39, 0.29) is 11.2 Å². The number of thioether (sulfide) groups is 1. The third-order valence-electron chi connectivity index (χ3n) is 3.31. The molecule has 0 aliphatic heterocycles. The standard InChI is InChI=1S/C17H15ClN4OS/c1-12(24-14-5-3-2-4-6-14)17(23)21-15-9-13(18)7-8-16(15)22-11-19-10-20-22/h2-12H,1H3,(H,21,23)/t12-/m0/s1. The van der Waals surface area contributed by atoms with Crippen molar-refractivity contribution in [2.45, 2.75) is 17.1 Å². The second kappa shape index (κ2) is 7.51. The highest BCUT2D eigenvalue weighted by atomic mass is 35.5. The maximum Gasteiger partial charge on any atom is 0.237 e. The van der Waals surface area contributed by atoms with Gasteiger partial charge in [-0.2, -0.15) is 5.10 Å². The molecule has 2 aromatic carbocycles. The number of rotatable bonds is 5. The number of halogens is 1. The van der Waals surface area contributed by atoms with E-state index in [0.29, 0.717) is 16.4 Å². The molecule has 0 spiro atoms. The van der Waals surface area contributed by atoms with Gasteiger partial charge in [0, 0.05) is 9.92 Å². The average Bonchev–Trinajstić information content (AvgIpc) is 3.10. The van der Waals surface area contributed by atoms with Crippen molar-refractivity contribution in [1.82, 2.24) is 14.8 Å². The molecule has 0 radical (unpaired) electrons. The van der Waals surface area contributed by atoms with Crippen LogP contribution in [0.5, 0.6) is 0 Å². The molecule has 24 heavy (non-hydrogen) atoms. The second-order valence-electron chi connectivity index (χ2n) is 5.06. The highest BCUT2D eigenvalue weighted by molar-refractivity contribution is 8.00. The zero-order valence-corrected chi connectivity index (χ0v) is 14.5. The van der Waals surface area contributed by atoms with Gasteiger partial charge in [-0.05, 0) is 37.3 Å². The minimum atomic E-state index is -0.255. The number of nitrogens with one attached hydrogen (secondary N) is 1. The van der Waals surface area contributed by atoms with Gasteiger partial charge >= 0.3 is 0 Å². The third-order valence-corrected chi connectivity index (χ3v) is 4.65. The normalized spacial score (nSPS) is 11.9. The lowest BCUT2D eigenvalue weighted by atomic mass is 10.2. The molecule has 0 aliphatic rings. The zero-order chi connectivity index (χ0) is 16.9. The molecule has 1 amide bonds. The van der Waals surface area contributed by atoms with Crippen LogP contribution in [0.2, 0.25) is 5.02 Å². The molecule has 1 aromatic heterocycles. The van der Waals surface area contributed by atoms with E-state index in [2.05, 4.69) is 15.4 Å². The summed E-state index contributed by atoms with van der Waals surface area (Å²) >= 11 is 7.57. The molecule has 3 aromatic rings. The largest absolute Gasteiger partial charge is 0.323 e. The van der Waals surface area contributed by atoms with E-state index in [1.807, 2.05) is 37.3 Å². The van der Waals surface area contributed by atoms with E-state index >= 15 is 0 Å². The minimum Gasteiger partial charge on any atom is -0.323 e. The van der Waals surface area contributed by atoms with Crippen molar-refractivity contribution in [3.05, 3.63) is 66.2 Å². The summed E-state index contributed by atoms with van der Waals surface area (Å²) in [6.45, 7) is 1.87. The number of hydrogen-bond donors (Lipinski definition) is 1. The highest BCUT2D eigenvalue weighted by Crippen LogP contribution is 2.27. The van der Waals surface area contributed by atoms with Crippen LogP contribution in [0.25, 0.3) is 5.69 Å². The lowest BCUT2D eigenvalue weighted by Gasteiger charge is -2.15. The number of benzene rings is 2. The maximum absolute atomic E-state index is 12.5. The van der Waals surface area contributed by atoms with Gasteiger partial charge in [-0.3, -0.25) is 4.79 Å². The van der Waals surface area contributed by atoms with Crippen molar-refractivity contribution >= 4 is 35.0 Å². The lowest BCUT2D eigenvalue weighted by molar-refractivity contribution is -0.115. The number of nitrogens with zero attached hydrogens (tertiary/aromatic N) is 3. The summed E-state index contributed by atoms with van der Waals surface area (Å²) in [6, 6.07) is 15.1. The van der Waals surface area contributed by atoms with Gasteiger partial charge in [-0.1, -0.05) is 29.8 Å². The van der Waals surface area contributed by atoms with Crippen LogP contribution in [0.1, 0.15) is 6.92 Å². The Hall–Kier alpha value is -2.31. The fourth-order valence-corrected chi connectivity index (χ4v) is 3.19. The van der Waals surface area contributed by atoms with E-state index in [9.17, 15) is 4.79 Å². The number of hydrogen-bond acceptors (Lipinski definition) is 4. The first-order chi connectivity index (χ1) is 11.6. The molecular weight excluding hydrogens is 344 g/mol. The Morgan fingerprint density at radius 3 is 2.75 bits per heavy atom. The van der Waals surface area contributed by atoms with E-state index in [4.69, 9.17) is 11.6 Å². The first kappa shape index (κ1) is 16.5. The SMILES string of the molecule is C[C@H](Sc1ccccc1)C(=O)Nc1cc(Cl)ccc1-n1cncn1. The van der Waals surface area contributed by atoms with Gasteiger partial charge in [0.25, 0.3) is 0 Å². The van der Waals surface area contributed by atoms with Crippen LogP contribution in [0.3, 0.4) is 0 Å². The van der Waals surface area contributed by atoms with E-state index < -0.39 is 0 Å². The van der Waals surface area contributed by atoms with Crippen molar-refractivity contribution in [1.29, 1.82) is 0 Å². The number of amides is 1. The summed E-state index contributed by atoms with van der Waals surface area (Å²) in [7, 11) is 0. The van der Waals surface area contributed by atoms with Gasteiger partial charge in [0.1, 0.15) is 12.7 Å². The first-order valence-corrected chi connectivity index (χ1v) is 8.56. The van der Waals surface area contributed by atoms with E-state index in [1.165, 1.54) is 18.1 Å². The van der Waals surface area contributed by atoms with Crippen molar-refractivity contribution < 1.29 is 4.79 Å². The second-order valence-corrected chi connectivity index (χ2v) is 6.91. The molecule has 0 aliphatic carbocycles. The molecule has 122 valence electrons. The van der Waals surface area contributed by atoms with Crippen LogP contribution >= 0.6 is 23.4 Å². The maximum atomic E-state index is 12.5. The number of anilines is 1. The van der Waals surface area contributed by atoms with Crippen LogP contribution in [0, 0.1) is 0 Å². The Labute approximate surface area is 149 Å². The van der Waals surface area contributed by atoms with Gasteiger partial charge < -0.3 is 5.32 Å². The van der Waals surface area contributed by atoms with Gasteiger partial charge in [-0.15, -0.1) is 11.8 Å². The minimum absolute atomic E-state index is 0.104. The Bertz CT molecular complexity index is 824. The summed E-state index contributed by atoms with van der Waals surface area (Å²) in [6.07, 6.45) is 3.01. The number of carbonyl (C=O) groups is 1. The third kappa shape index (κ3) is 3.96. The molecule has 5 nitrogen and oxygen atoms in total. The molecule has 3 rings (SSSR count). The summed E-state index contributed by atoms with van der Waals surface area (Å²) < 4.78 is 1.58. The van der Waals surface area contributed by atoms with Gasteiger partial charge in [0.05, 0.1) is 16.6 Å². The van der Waals surface area contributed by atoms with Crippen LogP contribution < -0.4 is 5.32 Å². The molecule has 0 saturated heterocycles. The molecule has 1 N–H and O–H groups in total. The summed E-state index contributed by atoms with van der Waals surface area (Å²) in [5.41, 5.74) is 1.31. The number of carbonyl (C=O) groups excluding carboxylic acids is 1. The molecule has 1 atom stereocenters. The van der Waals surface area contributed by atoms with Crippen LogP contribution in [-0.4, -0.2) is 25.9 Å². The predicted molar refractivity (Wildman–Crippen MR) is 96.8 cm³/mol. The van der Waals surface area contributed by atoms with E-state index in [0.717, 1.165) is 4.90 Å². The van der Waals surface area contributed by atoms with Gasteiger partial charge in [0.2, 0.25) is 5.91 Å². The van der Waals surface area contributed by atoms with Crippen molar-refractivity contribution in [2.24, 2.45) is 0 Å². The highest BCUT2D eigenvalue weighted by Gasteiger charge is 2.17. The molecule has 0 fully saturated rings. The average molecular weight is 359 g/mol. The van der Waals surface area contributed by atoms with Crippen LogP contribution in [0.15, 0.2) is 66.1 Å². The van der Waals surface area contributed by atoms with Gasteiger partial charge in [0.15, 0.2) is 0 Å². The molecule has 0 bridgehead atoms. The lowest BCUT2D eigenvalue weighted by Crippen LogP contribution is -2.23. The predicted octanol–water partition coefficient (Wildman–Crippen LogP) is 4.04. The Kier molecular flexibility index (Phi) is 5.17. The summed E-state index contributed by atoms with van der Waals surface area (Å²) in [4.78, 5) is 17.5. The Balaban J connectivity index is 1.78. The molecular formula is C17H15ClN4OS. The number of aromatic nitrogens is 3. The molecule has 1 heterocycles. The van der Waals surface area contributed by atoms with E-state index in [1.54, 1.807) is 29.2 Å². The zero-order valence-electron chi connectivity index (χ0n) is 12.9. The summed E-state index contributed by atoms with van der Waals surface area (Å²) in [5, 5.41) is 7.31. The monoisotopic (exact) mass is 358 g/mol. The first-order valence-electron chi connectivity index (χ1n) is 7.30. The van der Waals surface area contributed by atoms with Crippen molar-refractivity contribution in [3.8, 4) is 5.69 Å². The van der Waals surface area contributed by atoms with Crippen LogP contribution in [0.4, 0.5) is 5.69 Å².